The Bertz CT molecular complexity index is 1200. The molecule has 144 valence electrons. The Morgan fingerprint density at radius 1 is 0.759 bits per heavy atom. The summed E-state index contributed by atoms with van der Waals surface area (Å²) in [7, 11) is 4.92. The standard InChI is InChI=1S/C24H20N2O3/c1-27-19-10-6-16(7-11-19)21-22(17-8-12-20(28-2)13-9-17)26-14-4-5-18(15-25)23(26)24(21)29-3/h4-14H,1-3H3. The highest BCUT2D eigenvalue weighted by Gasteiger charge is 2.24. The molecule has 0 radical (unpaired) electrons. The lowest BCUT2D eigenvalue weighted by molar-refractivity contribution is 0.414. The maximum atomic E-state index is 9.68. The highest BCUT2D eigenvalue weighted by molar-refractivity contribution is 5.95. The van der Waals surface area contributed by atoms with Crippen molar-refractivity contribution in [2.24, 2.45) is 0 Å². The quantitative estimate of drug-likeness (QED) is 0.476. The third-order valence-corrected chi connectivity index (χ3v) is 4.98. The van der Waals surface area contributed by atoms with Crippen LogP contribution in [0.2, 0.25) is 0 Å². The molecular weight excluding hydrogens is 364 g/mol. The summed E-state index contributed by atoms with van der Waals surface area (Å²) >= 11 is 0. The van der Waals surface area contributed by atoms with E-state index in [1.165, 1.54) is 0 Å². The van der Waals surface area contributed by atoms with E-state index in [0.29, 0.717) is 11.3 Å². The highest BCUT2D eigenvalue weighted by atomic mass is 16.5. The number of aromatic nitrogens is 1. The van der Waals surface area contributed by atoms with Crippen LogP contribution in [0.3, 0.4) is 0 Å². The fourth-order valence-electron chi connectivity index (χ4n) is 3.62. The van der Waals surface area contributed by atoms with Gasteiger partial charge < -0.3 is 18.6 Å². The molecule has 0 fully saturated rings. The van der Waals surface area contributed by atoms with Gasteiger partial charge in [0.25, 0.3) is 0 Å². The van der Waals surface area contributed by atoms with E-state index in [-0.39, 0.29) is 0 Å². The number of nitrogens with zero attached hydrogens (tertiary/aromatic N) is 2. The Morgan fingerprint density at radius 2 is 1.34 bits per heavy atom. The Morgan fingerprint density at radius 3 is 1.86 bits per heavy atom. The first-order valence-electron chi connectivity index (χ1n) is 9.11. The maximum Gasteiger partial charge on any atom is 0.154 e. The summed E-state index contributed by atoms with van der Waals surface area (Å²) < 4.78 is 18.5. The van der Waals surface area contributed by atoms with Gasteiger partial charge in [0, 0.05) is 6.20 Å². The topological polar surface area (TPSA) is 55.9 Å². The SMILES string of the molecule is COc1ccc(-c2c(OC)c3c(C#N)cccn3c2-c2ccc(OC)cc2)cc1. The van der Waals surface area contributed by atoms with Crippen LogP contribution < -0.4 is 14.2 Å². The van der Waals surface area contributed by atoms with Crippen molar-refractivity contribution in [1.82, 2.24) is 4.40 Å². The molecule has 0 aliphatic heterocycles. The second-order valence-electron chi connectivity index (χ2n) is 6.47. The molecule has 0 amide bonds. The van der Waals surface area contributed by atoms with Crippen molar-refractivity contribution in [2.75, 3.05) is 21.3 Å². The van der Waals surface area contributed by atoms with E-state index in [4.69, 9.17) is 14.2 Å². The monoisotopic (exact) mass is 384 g/mol. The molecule has 2 aromatic heterocycles. The van der Waals surface area contributed by atoms with Crippen molar-refractivity contribution in [2.45, 2.75) is 0 Å². The zero-order chi connectivity index (χ0) is 20.4. The number of nitriles is 1. The number of rotatable bonds is 5. The van der Waals surface area contributed by atoms with Crippen LogP contribution in [0.1, 0.15) is 5.56 Å². The van der Waals surface area contributed by atoms with Gasteiger partial charge in [-0.25, -0.2) is 0 Å². The first-order chi connectivity index (χ1) is 14.2. The van der Waals surface area contributed by atoms with E-state index in [1.807, 2.05) is 65.2 Å². The number of methoxy groups -OCH3 is 3. The minimum absolute atomic E-state index is 0.555. The van der Waals surface area contributed by atoms with Crippen molar-refractivity contribution in [3.63, 3.8) is 0 Å². The molecule has 0 N–H and O–H groups in total. The normalized spacial score (nSPS) is 10.6. The molecule has 0 saturated heterocycles. The van der Waals surface area contributed by atoms with Gasteiger partial charge in [-0.3, -0.25) is 0 Å². The van der Waals surface area contributed by atoms with Crippen molar-refractivity contribution < 1.29 is 14.2 Å². The molecule has 2 aromatic carbocycles. The molecule has 0 saturated carbocycles. The van der Waals surface area contributed by atoms with Gasteiger partial charge in [-0.05, 0) is 59.7 Å². The van der Waals surface area contributed by atoms with Gasteiger partial charge in [-0.15, -0.1) is 0 Å². The molecular formula is C24H20N2O3. The van der Waals surface area contributed by atoms with Crippen molar-refractivity contribution in [3.05, 3.63) is 72.4 Å². The fraction of sp³-hybridized carbons (Fsp3) is 0.125. The summed E-state index contributed by atoms with van der Waals surface area (Å²) in [4.78, 5) is 0. The van der Waals surface area contributed by atoms with Crippen LogP contribution in [0.4, 0.5) is 0 Å². The fourth-order valence-corrected chi connectivity index (χ4v) is 3.62. The van der Waals surface area contributed by atoms with Crippen LogP contribution in [0.25, 0.3) is 27.9 Å². The largest absolute Gasteiger partial charge is 0.497 e. The van der Waals surface area contributed by atoms with Crippen LogP contribution in [0.15, 0.2) is 66.9 Å². The molecule has 0 bridgehead atoms. The molecule has 4 aromatic rings. The zero-order valence-electron chi connectivity index (χ0n) is 16.5. The summed E-state index contributed by atoms with van der Waals surface area (Å²) in [6.45, 7) is 0. The third kappa shape index (κ3) is 3.05. The van der Waals surface area contributed by atoms with E-state index in [9.17, 15) is 5.26 Å². The minimum atomic E-state index is 0.555. The van der Waals surface area contributed by atoms with Crippen LogP contribution >= 0.6 is 0 Å². The molecule has 0 aliphatic rings. The van der Waals surface area contributed by atoms with E-state index in [1.54, 1.807) is 27.4 Å². The maximum absolute atomic E-state index is 9.68. The van der Waals surface area contributed by atoms with Gasteiger partial charge in [0.05, 0.1) is 38.2 Å². The molecule has 0 unspecified atom stereocenters. The smallest absolute Gasteiger partial charge is 0.154 e. The van der Waals surface area contributed by atoms with E-state index in [2.05, 4.69) is 6.07 Å². The van der Waals surface area contributed by atoms with Gasteiger partial charge >= 0.3 is 0 Å². The van der Waals surface area contributed by atoms with Crippen LogP contribution in [0, 0.1) is 11.3 Å². The van der Waals surface area contributed by atoms with E-state index >= 15 is 0 Å². The molecule has 2 heterocycles. The molecule has 4 rings (SSSR count). The highest BCUT2D eigenvalue weighted by Crippen LogP contribution is 2.45. The third-order valence-electron chi connectivity index (χ3n) is 4.98. The first-order valence-corrected chi connectivity index (χ1v) is 9.11. The molecule has 0 spiro atoms. The molecule has 0 aliphatic carbocycles. The molecule has 29 heavy (non-hydrogen) atoms. The van der Waals surface area contributed by atoms with Crippen molar-refractivity contribution in [3.8, 4) is 45.7 Å². The Hall–Kier alpha value is -3.91. The number of hydrogen-bond acceptors (Lipinski definition) is 4. The predicted molar refractivity (Wildman–Crippen MR) is 113 cm³/mol. The lowest BCUT2D eigenvalue weighted by Crippen LogP contribution is -1.91. The van der Waals surface area contributed by atoms with E-state index in [0.717, 1.165) is 39.4 Å². The van der Waals surface area contributed by atoms with E-state index < -0.39 is 0 Å². The lowest BCUT2D eigenvalue weighted by atomic mass is 10.00. The summed E-state index contributed by atoms with van der Waals surface area (Å²) in [5.74, 6) is 2.23. The zero-order valence-corrected chi connectivity index (χ0v) is 16.5. The van der Waals surface area contributed by atoms with Gasteiger partial charge in [0.2, 0.25) is 0 Å². The number of ether oxygens (including phenoxy) is 3. The lowest BCUT2D eigenvalue weighted by Gasteiger charge is -2.10. The number of pyridine rings is 1. The second kappa shape index (κ2) is 7.61. The predicted octanol–water partition coefficient (Wildman–Crippen LogP) is 5.17. The molecule has 5 nitrogen and oxygen atoms in total. The van der Waals surface area contributed by atoms with Crippen molar-refractivity contribution >= 4 is 5.52 Å². The van der Waals surface area contributed by atoms with Gasteiger partial charge in [-0.2, -0.15) is 5.26 Å². The Labute approximate surface area is 169 Å². The Balaban J connectivity index is 2.09. The average molecular weight is 384 g/mol. The van der Waals surface area contributed by atoms with Crippen molar-refractivity contribution in [1.29, 1.82) is 5.26 Å². The second-order valence-corrected chi connectivity index (χ2v) is 6.47. The molecule has 5 heteroatoms. The summed E-state index contributed by atoms with van der Waals surface area (Å²) in [6, 6.07) is 21.6. The minimum Gasteiger partial charge on any atom is -0.497 e. The van der Waals surface area contributed by atoms with Gasteiger partial charge in [-0.1, -0.05) is 12.1 Å². The van der Waals surface area contributed by atoms with Gasteiger partial charge in [0.15, 0.2) is 5.75 Å². The number of fused-ring (bicyclic) bond motifs is 1. The summed E-state index contributed by atoms with van der Waals surface area (Å²) in [5, 5.41) is 9.68. The van der Waals surface area contributed by atoms with Crippen LogP contribution in [0.5, 0.6) is 17.2 Å². The molecule has 0 atom stereocenters. The number of hydrogen-bond donors (Lipinski definition) is 0. The summed E-state index contributed by atoms with van der Waals surface area (Å²) in [5.41, 5.74) is 5.13. The van der Waals surface area contributed by atoms with Crippen LogP contribution in [-0.2, 0) is 0 Å². The number of benzene rings is 2. The average Bonchev–Trinajstić information content (AvgIpc) is 3.13. The van der Waals surface area contributed by atoms with Gasteiger partial charge in [0.1, 0.15) is 23.1 Å². The summed E-state index contributed by atoms with van der Waals surface area (Å²) in [6.07, 6.45) is 1.95. The van der Waals surface area contributed by atoms with Crippen LogP contribution in [-0.4, -0.2) is 25.7 Å². The Kier molecular flexibility index (Phi) is 4.84. The first kappa shape index (κ1) is 18.5.